The molecule has 17 nitrogen and oxygen atoms in total. The molecule has 1 atom stereocenters. The van der Waals surface area contributed by atoms with E-state index in [0.29, 0.717) is 97.2 Å². The number of phosphoric acid groups is 1. The number of carbonyl (C=O) groups is 2. The van der Waals surface area contributed by atoms with Crippen LogP contribution in [-0.2, 0) is 28.4 Å². The molecule has 2 fully saturated rings. The van der Waals surface area contributed by atoms with Crippen LogP contribution in [0.3, 0.4) is 0 Å². The topological polar surface area (TPSA) is 256 Å². The van der Waals surface area contributed by atoms with E-state index >= 15 is 4.39 Å². The number of nitrogens with one attached hydrogen (secondary N) is 1. The molecule has 8 N–H and O–H groups in total. The highest BCUT2D eigenvalue weighted by atomic mass is 31.2. The lowest BCUT2D eigenvalue weighted by Gasteiger charge is -2.32. The molecule has 2 saturated heterocycles. The van der Waals surface area contributed by atoms with Crippen LogP contribution in [0.25, 0.3) is 22.3 Å². The van der Waals surface area contributed by atoms with Crippen molar-refractivity contribution < 1.29 is 62.4 Å². The molecule has 0 saturated carbocycles. The van der Waals surface area contributed by atoms with Crippen LogP contribution in [-0.4, -0.2) is 113 Å². The lowest BCUT2D eigenvalue weighted by Crippen LogP contribution is -2.35. The standard InChI is InChI=1S/C41H44FN5O7.H3O4P.H2O/c1-25-18-44-36(17-37(25)48)29-13-30(22-47(21-29)20-26-7-9-51-10-8-26)41(49)46-31-4-5-33(35(42)16-31)34-14-28(19-45-40(34)43)27-3-6-38(39(15-27)50-2)54-24-32-23-52-11-12-53-32;1-5(2,3)4;/h3-6,13-16,18-19,21,26,32H,7-12,17,20,22-24H2,1-2H3,(H2,43,45)(H,46,49);(H3,1,2,3,4);1H2/t32-;;/m1../s1. The van der Waals surface area contributed by atoms with Gasteiger partial charge in [-0.05, 0) is 73.7 Å². The van der Waals surface area contributed by atoms with Gasteiger partial charge in [0, 0.05) is 84.0 Å². The molecule has 4 aliphatic rings. The molecule has 19 heteroatoms. The number of ether oxygens (including phenoxy) is 5. The van der Waals surface area contributed by atoms with E-state index in [2.05, 4.69) is 20.2 Å². The molecule has 1 amide bonds. The molecule has 60 heavy (non-hydrogen) atoms. The largest absolute Gasteiger partial charge is 0.493 e. The summed E-state index contributed by atoms with van der Waals surface area (Å²) in [6.07, 6.45) is 8.81. The second kappa shape index (κ2) is 20.8. The number of allylic oxidation sites excluding steroid dienone is 3. The van der Waals surface area contributed by atoms with Crippen LogP contribution in [0.15, 0.2) is 88.8 Å². The van der Waals surface area contributed by atoms with E-state index in [4.69, 9.17) is 48.7 Å². The quantitative estimate of drug-likeness (QED) is 0.171. The number of benzene rings is 2. The SMILES string of the molecule is COc1cc(-c2cnc(N)c(-c3ccc(NC(=O)C4=CC(C5=NC=C(C)C(=O)C5)=CN(CC5CCOCC5)C4)cc3F)c2)ccc1OC[C@H]1COCCO1.O.O=P(O)(O)O. The second-order valence-electron chi connectivity index (χ2n) is 14.3. The molecule has 0 aliphatic carbocycles. The average molecular weight is 854 g/mol. The van der Waals surface area contributed by atoms with Gasteiger partial charge in [0.05, 0.1) is 39.1 Å². The van der Waals surface area contributed by atoms with Crippen molar-refractivity contribution in [1.29, 1.82) is 0 Å². The van der Waals surface area contributed by atoms with Gasteiger partial charge in [-0.15, -0.1) is 0 Å². The molecule has 1 aromatic heterocycles. The number of rotatable bonds is 11. The van der Waals surface area contributed by atoms with E-state index in [-0.39, 0.29) is 46.8 Å². The zero-order valence-electron chi connectivity index (χ0n) is 33.1. The van der Waals surface area contributed by atoms with E-state index < -0.39 is 13.6 Å². The van der Waals surface area contributed by atoms with Gasteiger partial charge in [0.25, 0.3) is 5.91 Å². The summed E-state index contributed by atoms with van der Waals surface area (Å²) < 4.78 is 53.0. The minimum Gasteiger partial charge on any atom is -0.493 e. The number of methoxy groups -OCH3 is 1. The van der Waals surface area contributed by atoms with Gasteiger partial charge in [-0.1, -0.05) is 6.07 Å². The van der Waals surface area contributed by atoms with Gasteiger partial charge >= 0.3 is 7.82 Å². The number of amides is 1. The number of halogens is 1. The smallest absolute Gasteiger partial charge is 0.466 e. The van der Waals surface area contributed by atoms with E-state index in [1.807, 2.05) is 18.3 Å². The molecular formula is C41H49FN5O12P. The number of carbonyl (C=O) groups excluding carboxylic acids is 2. The first kappa shape index (κ1) is 45.8. The maximum absolute atomic E-state index is 15.9. The van der Waals surface area contributed by atoms with Gasteiger partial charge in [0.1, 0.15) is 24.3 Å². The lowest BCUT2D eigenvalue weighted by atomic mass is 9.94. The maximum Gasteiger partial charge on any atom is 0.466 e. The summed E-state index contributed by atoms with van der Waals surface area (Å²) in [5.74, 6) is 0.684. The summed E-state index contributed by atoms with van der Waals surface area (Å²) in [4.78, 5) is 58.8. The minimum absolute atomic E-state index is 0. The molecule has 3 aromatic rings. The number of hydrogen-bond donors (Lipinski definition) is 5. The summed E-state index contributed by atoms with van der Waals surface area (Å²) in [5.41, 5.74) is 11.1. The van der Waals surface area contributed by atoms with E-state index in [9.17, 15) is 9.59 Å². The van der Waals surface area contributed by atoms with Crippen molar-refractivity contribution in [2.24, 2.45) is 10.9 Å². The number of ketones is 1. The molecule has 0 radical (unpaired) electrons. The van der Waals surface area contributed by atoms with Gasteiger partial charge in [-0.2, -0.15) is 0 Å². The summed E-state index contributed by atoms with van der Waals surface area (Å²) in [6.45, 7) is 6.15. The Morgan fingerprint density at radius 3 is 2.48 bits per heavy atom. The first-order valence-corrected chi connectivity index (χ1v) is 20.5. The summed E-state index contributed by atoms with van der Waals surface area (Å²) >= 11 is 0. The Labute approximate surface area is 345 Å². The van der Waals surface area contributed by atoms with Gasteiger partial charge < -0.3 is 59.8 Å². The number of nitrogen functional groups attached to an aromatic ring is 1. The predicted molar refractivity (Wildman–Crippen MR) is 221 cm³/mol. The molecule has 322 valence electrons. The second-order valence-corrected chi connectivity index (χ2v) is 15.3. The fourth-order valence-corrected chi connectivity index (χ4v) is 6.82. The van der Waals surface area contributed by atoms with E-state index in [1.165, 1.54) is 6.07 Å². The number of hydrogen-bond acceptors (Lipinski definition) is 12. The summed E-state index contributed by atoms with van der Waals surface area (Å²) in [5, 5.41) is 2.87. The number of pyridine rings is 1. The van der Waals surface area contributed by atoms with Crippen LogP contribution in [0.4, 0.5) is 15.9 Å². The number of Topliss-reactive ketones (excluding diaryl/α,β-unsaturated/α-hetero) is 1. The maximum atomic E-state index is 15.9. The Kier molecular flexibility index (Phi) is 15.9. The zero-order chi connectivity index (χ0) is 42.1. The summed E-state index contributed by atoms with van der Waals surface area (Å²) in [7, 11) is -3.08. The zero-order valence-corrected chi connectivity index (χ0v) is 34.0. The van der Waals surface area contributed by atoms with Crippen molar-refractivity contribution in [3.05, 3.63) is 89.7 Å². The van der Waals surface area contributed by atoms with Gasteiger partial charge in [0.15, 0.2) is 17.3 Å². The first-order chi connectivity index (χ1) is 28.2. The third-order valence-corrected chi connectivity index (χ3v) is 9.91. The summed E-state index contributed by atoms with van der Waals surface area (Å²) in [6, 6.07) is 11.7. The number of aliphatic imine (C=N–C) groups is 1. The van der Waals surface area contributed by atoms with Crippen molar-refractivity contribution in [2.75, 3.05) is 70.9 Å². The van der Waals surface area contributed by atoms with Gasteiger partial charge in [-0.3, -0.25) is 14.6 Å². The molecule has 4 aliphatic heterocycles. The minimum atomic E-state index is -4.64. The number of nitrogens with two attached hydrogens (primary N) is 1. The Hall–Kier alpha value is -5.30. The van der Waals surface area contributed by atoms with Crippen LogP contribution in [0.2, 0.25) is 0 Å². The molecule has 7 rings (SSSR count). The normalized spacial score (nSPS) is 18.4. The molecular weight excluding hydrogens is 804 g/mol. The van der Waals surface area contributed by atoms with Crippen LogP contribution in [0.5, 0.6) is 11.5 Å². The van der Waals surface area contributed by atoms with Gasteiger partial charge in [0.2, 0.25) is 0 Å². The van der Waals surface area contributed by atoms with Crippen LogP contribution in [0.1, 0.15) is 26.2 Å². The van der Waals surface area contributed by atoms with Crippen LogP contribution < -0.4 is 20.5 Å². The Balaban J connectivity index is 0.00000107. The molecule has 2 aromatic carbocycles. The molecule has 0 bridgehead atoms. The lowest BCUT2D eigenvalue weighted by molar-refractivity contribution is -0.114. The third kappa shape index (κ3) is 12.6. The molecule has 0 unspecified atom stereocenters. The number of anilines is 2. The van der Waals surface area contributed by atoms with E-state index in [0.717, 1.165) is 24.9 Å². The van der Waals surface area contributed by atoms with Gasteiger partial charge in [-0.25, -0.2) is 13.9 Å². The van der Waals surface area contributed by atoms with Crippen molar-refractivity contribution >= 4 is 36.7 Å². The predicted octanol–water partition coefficient (Wildman–Crippen LogP) is 4.00. The highest BCUT2D eigenvalue weighted by molar-refractivity contribution is 7.45. The van der Waals surface area contributed by atoms with Crippen LogP contribution >= 0.6 is 7.82 Å². The van der Waals surface area contributed by atoms with Crippen molar-refractivity contribution in [3.63, 3.8) is 0 Å². The third-order valence-electron chi connectivity index (χ3n) is 9.91. The fourth-order valence-electron chi connectivity index (χ4n) is 6.82. The average Bonchev–Trinajstić information content (AvgIpc) is 3.21. The van der Waals surface area contributed by atoms with Crippen molar-refractivity contribution in [1.82, 2.24) is 9.88 Å². The monoisotopic (exact) mass is 853 g/mol. The number of nitrogens with zero attached hydrogens (tertiary/aromatic N) is 3. The first-order valence-electron chi connectivity index (χ1n) is 18.9. The fraction of sp³-hybridized carbons (Fsp3) is 0.366. The van der Waals surface area contributed by atoms with Crippen molar-refractivity contribution in [2.45, 2.75) is 32.3 Å². The van der Waals surface area contributed by atoms with E-state index in [1.54, 1.807) is 56.8 Å². The Bertz CT molecular complexity index is 2200. The van der Waals surface area contributed by atoms with Crippen molar-refractivity contribution in [3.8, 4) is 33.8 Å². The Morgan fingerprint density at radius 2 is 1.80 bits per heavy atom. The Morgan fingerprint density at radius 1 is 1.03 bits per heavy atom. The highest BCUT2D eigenvalue weighted by Gasteiger charge is 2.26. The van der Waals surface area contributed by atoms with Crippen LogP contribution in [0, 0.1) is 11.7 Å². The highest BCUT2D eigenvalue weighted by Crippen LogP contribution is 2.37. The molecule has 5 heterocycles. The molecule has 0 spiro atoms. The number of aromatic nitrogens is 1.